The second kappa shape index (κ2) is 12.0. The molecular weight excluding hydrogens is 506 g/mol. The van der Waals surface area contributed by atoms with E-state index < -0.39 is 0 Å². The summed E-state index contributed by atoms with van der Waals surface area (Å²) in [6, 6.07) is 9.75. The molecule has 0 aliphatic carbocycles. The van der Waals surface area contributed by atoms with Crippen molar-refractivity contribution in [2.24, 2.45) is 0 Å². The molecule has 1 fully saturated rings. The number of ether oxygens (including phenoxy) is 1. The lowest BCUT2D eigenvalue weighted by atomic mass is 10.1. The molecule has 1 aromatic carbocycles. The number of likely N-dealkylation sites (tertiary alicyclic amines) is 1. The van der Waals surface area contributed by atoms with Crippen molar-refractivity contribution >= 4 is 38.6 Å². The molecule has 0 radical (unpaired) electrons. The SMILES string of the molecule is CCCCC(C)n1c(=O)c(Br)cc2c(C)nc(Nc3ccc(OCCN4CCCCC4)cc3)nc21. The molecule has 1 aliphatic heterocycles. The molecule has 1 saturated heterocycles. The summed E-state index contributed by atoms with van der Waals surface area (Å²) in [7, 11) is 0. The highest BCUT2D eigenvalue weighted by molar-refractivity contribution is 9.10. The van der Waals surface area contributed by atoms with E-state index in [9.17, 15) is 4.79 Å². The van der Waals surface area contributed by atoms with Crippen molar-refractivity contribution in [1.29, 1.82) is 0 Å². The van der Waals surface area contributed by atoms with Crippen molar-refractivity contribution in [3.63, 3.8) is 0 Å². The van der Waals surface area contributed by atoms with Crippen molar-refractivity contribution in [1.82, 2.24) is 19.4 Å². The second-order valence-corrected chi connectivity index (χ2v) is 10.3. The third-order valence-electron chi connectivity index (χ3n) is 6.69. The highest BCUT2D eigenvalue weighted by atomic mass is 79.9. The van der Waals surface area contributed by atoms with Gasteiger partial charge in [-0.25, -0.2) is 4.98 Å². The smallest absolute Gasteiger partial charge is 0.266 e. The molecule has 3 heterocycles. The van der Waals surface area contributed by atoms with Crippen LogP contribution >= 0.6 is 15.9 Å². The minimum Gasteiger partial charge on any atom is -0.492 e. The zero-order valence-corrected chi connectivity index (χ0v) is 22.6. The third-order valence-corrected chi connectivity index (χ3v) is 7.26. The number of benzene rings is 1. The molecular formula is C27H36BrN5O2. The first kappa shape index (κ1) is 25.6. The molecule has 188 valence electrons. The lowest BCUT2D eigenvalue weighted by Crippen LogP contribution is -2.33. The number of aromatic nitrogens is 3. The van der Waals surface area contributed by atoms with E-state index >= 15 is 0 Å². The Morgan fingerprint density at radius 3 is 2.60 bits per heavy atom. The first-order valence-electron chi connectivity index (χ1n) is 12.8. The molecule has 1 N–H and O–H groups in total. The molecule has 8 heteroatoms. The predicted octanol–water partition coefficient (Wildman–Crippen LogP) is 6.22. The van der Waals surface area contributed by atoms with Crippen molar-refractivity contribution < 1.29 is 4.74 Å². The number of nitrogens with one attached hydrogen (secondary N) is 1. The minimum absolute atomic E-state index is 0.0472. The van der Waals surface area contributed by atoms with Crippen LogP contribution in [0.4, 0.5) is 11.6 Å². The fourth-order valence-corrected chi connectivity index (χ4v) is 5.07. The highest BCUT2D eigenvalue weighted by Crippen LogP contribution is 2.25. The van der Waals surface area contributed by atoms with Crippen LogP contribution in [0.3, 0.4) is 0 Å². The molecule has 0 spiro atoms. The molecule has 7 nitrogen and oxygen atoms in total. The Hall–Kier alpha value is -2.45. The van der Waals surface area contributed by atoms with Crippen LogP contribution in [-0.2, 0) is 0 Å². The topological polar surface area (TPSA) is 72.3 Å². The van der Waals surface area contributed by atoms with Gasteiger partial charge in [0.1, 0.15) is 18.0 Å². The van der Waals surface area contributed by atoms with Gasteiger partial charge in [0.05, 0.1) is 10.2 Å². The molecule has 0 saturated carbocycles. The van der Waals surface area contributed by atoms with Crippen molar-refractivity contribution in [2.75, 3.05) is 31.6 Å². The fraction of sp³-hybridized carbons (Fsp3) is 0.519. The lowest BCUT2D eigenvalue weighted by molar-refractivity contribution is 0.183. The highest BCUT2D eigenvalue weighted by Gasteiger charge is 2.17. The minimum atomic E-state index is -0.0591. The summed E-state index contributed by atoms with van der Waals surface area (Å²) < 4.78 is 8.28. The number of unbranched alkanes of at least 4 members (excludes halogenated alkanes) is 1. The lowest BCUT2D eigenvalue weighted by Gasteiger charge is -2.26. The van der Waals surface area contributed by atoms with Crippen LogP contribution in [0.2, 0.25) is 0 Å². The van der Waals surface area contributed by atoms with Gasteiger partial charge in [0.25, 0.3) is 5.56 Å². The normalized spacial score (nSPS) is 15.3. The number of piperidine rings is 1. The Balaban J connectivity index is 1.49. The van der Waals surface area contributed by atoms with Gasteiger partial charge >= 0.3 is 0 Å². The van der Waals surface area contributed by atoms with Gasteiger partial charge in [-0.3, -0.25) is 14.3 Å². The Bertz CT molecular complexity index is 1190. The summed E-state index contributed by atoms with van der Waals surface area (Å²) in [5.74, 6) is 1.33. The van der Waals surface area contributed by atoms with Gasteiger partial charge in [-0.05, 0) is 92.5 Å². The van der Waals surface area contributed by atoms with Gasteiger partial charge in [-0.15, -0.1) is 0 Å². The maximum atomic E-state index is 13.0. The molecule has 0 bridgehead atoms. The molecule has 1 unspecified atom stereocenters. The summed E-state index contributed by atoms with van der Waals surface area (Å²) in [4.78, 5) is 24.9. The molecule has 3 aromatic rings. The van der Waals surface area contributed by atoms with Gasteiger partial charge in [-0.1, -0.05) is 26.2 Å². The van der Waals surface area contributed by atoms with E-state index in [-0.39, 0.29) is 11.6 Å². The zero-order valence-electron chi connectivity index (χ0n) is 21.0. The number of hydrogen-bond donors (Lipinski definition) is 1. The van der Waals surface area contributed by atoms with E-state index in [4.69, 9.17) is 9.72 Å². The van der Waals surface area contributed by atoms with E-state index in [0.717, 1.165) is 48.3 Å². The van der Waals surface area contributed by atoms with E-state index in [2.05, 4.69) is 45.0 Å². The van der Waals surface area contributed by atoms with Gasteiger partial charge < -0.3 is 10.1 Å². The third kappa shape index (κ3) is 6.41. The van der Waals surface area contributed by atoms with E-state index in [0.29, 0.717) is 22.7 Å². The Kier molecular flexibility index (Phi) is 8.78. The molecule has 0 amide bonds. The van der Waals surface area contributed by atoms with Crippen LogP contribution in [-0.4, -0.2) is 45.7 Å². The van der Waals surface area contributed by atoms with Crippen LogP contribution in [0.1, 0.15) is 64.1 Å². The van der Waals surface area contributed by atoms with Crippen molar-refractivity contribution in [3.8, 4) is 5.75 Å². The average molecular weight is 543 g/mol. The number of rotatable bonds is 10. The summed E-state index contributed by atoms with van der Waals surface area (Å²) in [5.41, 5.74) is 2.30. The second-order valence-electron chi connectivity index (χ2n) is 9.43. The van der Waals surface area contributed by atoms with Crippen LogP contribution in [0.15, 0.2) is 39.6 Å². The Morgan fingerprint density at radius 2 is 1.89 bits per heavy atom. The summed E-state index contributed by atoms with van der Waals surface area (Å²) in [5, 5.41) is 4.18. The van der Waals surface area contributed by atoms with Crippen LogP contribution in [0, 0.1) is 6.92 Å². The number of halogens is 1. The Morgan fingerprint density at radius 1 is 1.14 bits per heavy atom. The zero-order chi connectivity index (χ0) is 24.8. The maximum absolute atomic E-state index is 13.0. The average Bonchev–Trinajstić information content (AvgIpc) is 2.86. The van der Waals surface area contributed by atoms with Crippen molar-refractivity contribution in [3.05, 3.63) is 50.9 Å². The quantitative estimate of drug-likeness (QED) is 0.328. The first-order valence-corrected chi connectivity index (χ1v) is 13.6. The first-order chi connectivity index (χ1) is 17.0. The van der Waals surface area contributed by atoms with Crippen LogP contribution < -0.4 is 15.6 Å². The number of hydrogen-bond acceptors (Lipinski definition) is 6. The van der Waals surface area contributed by atoms with Crippen molar-refractivity contribution in [2.45, 2.75) is 65.3 Å². The molecule has 4 rings (SSSR count). The summed E-state index contributed by atoms with van der Waals surface area (Å²) >= 11 is 3.44. The largest absolute Gasteiger partial charge is 0.492 e. The predicted molar refractivity (Wildman–Crippen MR) is 146 cm³/mol. The standard InChI is InChI=1S/C27H36BrN5O2/c1-4-5-9-19(2)33-25-23(18-24(28)26(33)34)20(3)29-27(31-25)30-21-10-12-22(13-11-21)35-17-16-32-14-7-6-8-15-32/h10-13,18-19H,4-9,14-17H2,1-3H3,(H,29,30,31). The van der Waals surface area contributed by atoms with E-state index in [1.54, 1.807) is 4.57 Å². The summed E-state index contributed by atoms with van der Waals surface area (Å²) in [6.45, 7) is 10.2. The molecule has 1 atom stereocenters. The molecule has 2 aromatic heterocycles. The number of nitrogens with zero attached hydrogens (tertiary/aromatic N) is 4. The monoisotopic (exact) mass is 541 g/mol. The number of anilines is 2. The number of pyridine rings is 1. The van der Waals surface area contributed by atoms with Gasteiger partial charge in [0.15, 0.2) is 0 Å². The molecule has 1 aliphatic rings. The van der Waals surface area contributed by atoms with E-state index in [1.165, 1.54) is 32.4 Å². The number of aryl methyl sites for hydroxylation is 1. The van der Waals surface area contributed by atoms with Gasteiger partial charge in [0, 0.05) is 23.7 Å². The Labute approximate surface area is 216 Å². The summed E-state index contributed by atoms with van der Waals surface area (Å²) in [6.07, 6.45) is 7.00. The van der Waals surface area contributed by atoms with E-state index in [1.807, 2.05) is 37.3 Å². The maximum Gasteiger partial charge on any atom is 0.266 e. The van der Waals surface area contributed by atoms with Crippen LogP contribution in [0.5, 0.6) is 5.75 Å². The van der Waals surface area contributed by atoms with Gasteiger partial charge in [-0.2, -0.15) is 4.98 Å². The number of fused-ring (bicyclic) bond motifs is 1. The van der Waals surface area contributed by atoms with Crippen LogP contribution in [0.25, 0.3) is 11.0 Å². The fourth-order valence-electron chi connectivity index (χ4n) is 4.65. The molecule has 35 heavy (non-hydrogen) atoms. The van der Waals surface area contributed by atoms with Gasteiger partial charge in [0.2, 0.25) is 5.95 Å².